The molecule has 4 aromatic carbocycles. The van der Waals surface area contributed by atoms with Gasteiger partial charge in [-0.2, -0.15) is 0 Å². The average Bonchev–Trinajstić information content (AvgIpc) is 3.60. The molecule has 6 nitrogen and oxygen atoms in total. The number of anilines is 1. The Bertz CT molecular complexity index is 1700. The molecule has 0 aliphatic carbocycles. The van der Waals surface area contributed by atoms with Gasteiger partial charge in [0.2, 0.25) is 5.91 Å². The molecule has 2 heterocycles. The first-order valence-corrected chi connectivity index (χ1v) is 15.1. The maximum atomic E-state index is 12.9. The van der Waals surface area contributed by atoms with E-state index in [1.165, 1.54) is 17.3 Å². The summed E-state index contributed by atoms with van der Waals surface area (Å²) in [6.07, 6.45) is 0. The molecule has 192 valence electrons. The van der Waals surface area contributed by atoms with Crippen LogP contribution in [0.4, 0.5) is 5.69 Å². The van der Waals surface area contributed by atoms with Crippen LogP contribution in [0.5, 0.6) is 0 Å². The van der Waals surface area contributed by atoms with Crippen LogP contribution in [0, 0.1) is 0 Å². The highest BCUT2D eigenvalue weighted by Crippen LogP contribution is 2.33. The third-order valence-electron chi connectivity index (χ3n) is 5.87. The number of hydrogen-bond acceptors (Lipinski definition) is 7. The van der Waals surface area contributed by atoms with Gasteiger partial charge in [-0.3, -0.25) is 9.36 Å². The molecule has 0 aliphatic heterocycles. The molecule has 0 saturated heterocycles. The SMILES string of the molecule is O=C(CSc1nnc(-c2ccccc2)n1-c1ccccc1)Nc1ccc2nc(SCc3ccccc3)sc2c1. The van der Waals surface area contributed by atoms with Gasteiger partial charge in [0.25, 0.3) is 0 Å². The lowest BCUT2D eigenvalue weighted by Gasteiger charge is -2.10. The van der Waals surface area contributed by atoms with Crippen LogP contribution in [0.15, 0.2) is 119 Å². The van der Waals surface area contributed by atoms with E-state index in [4.69, 9.17) is 4.98 Å². The Kier molecular flexibility index (Phi) is 7.71. The van der Waals surface area contributed by atoms with Crippen LogP contribution >= 0.6 is 34.9 Å². The first kappa shape index (κ1) is 25.4. The fourth-order valence-corrected chi connectivity index (χ4v) is 6.85. The molecule has 39 heavy (non-hydrogen) atoms. The van der Waals surface area contributed by atoms with Gasteiger partial charge in [-0.25, -0.2) is 4.98 Å². The second kappa shape index (κ2) is 11.9. The van der Waals surface area contributed by atoms with Crippen molar-refractivity contribution >= 4 is 56.7 Å². The number of nitrogens with zero attached hydrogens (tertiary/aromatic N) is 4. The molecule has 1 N–H and O–H groups in total. The van der Waals surface area contributed by atoms with E-state index in [1.807, 2.05) is 89.5 Å². The zero-order chi connectivity index (χ0) is 26.4. The number of benzene rings is 4. The van der Waals surface area contributed by atoms with Crippen molar-refractivity contribution in [3.05, 3.63) is 115 Å². The Morgan fingerprint density at radius 1 is 0.821 bits per heavy atom. The Morgan fingerprint density at radius 3 is 2.31 bits per heavy atom. The molecule has 1 amide bonds. The van der Waals surface area contributed by atoms with E-state index < -0.39 is 0 Å². The number of amides is 1. The normalized spacial score (nSPS) is 11.1. The Labute approximate surface area is 238 Å². The van der Waals surface area contributed by atoms with E-state index in [0.29, 0.717) is 5.16 Å². The molecule has 6 aromatic rings. The summed E-state index contributed by atoms with van der Waals surface area (Å²) in [7, 11) is 0. The second-order valence-corrected chi connectivity index (χ2v) is 11.8. The molecule has 0 radical (unpaired) electrons. The molecule has 0 spiro atoms. The van der Waals surface area contributed by atoms with Crippen LogP contribution in [0.2, 0.25) is 0 Å². The summed E-state index contributed by atoms with van der Waals surface area (Å²) >= 11 is 4.73. The van der Waals surface area contributed by atoms with Gasteiger partial charge in [-0.05, 0) is 35.9 Å². The third kappa shape index (κ3) is 6.06. The zero-order valence-electron chi connectivity index (χ0n) is 20.7. The first-order valence-electron chi connectivity index (χ1n) is 12.3. The largest absolute Gasteiger partial charge is 0.325 e. The molecule has 0 atom stereocenters. The first-order chi connectivity index (χ1) is 19.2. The minimum Gasteiger partial charge on any atom is -0.325 e. The number of carbonyl (C=O) groups is 1. The topological polar surface area (TPSA) is 72.7 Å². The Hall–Kier alpha value is -3.92. The van der Waals surface area contributed by atoms with E-state index in [0.717, 1.165) is 43.1 Å². The van der Waals surface area contributed by atoms with Gasteiger partial charge < -0.3 is 5.32 Å². The van der Waals surface area contributed by atoms with Crippen molar-refractivity contribution < 1.29 is 4.79 Å². The smallest absolute Gasteiger partial charge is 0.234 e. The molecule has 0 saturated carbocycles. The number of thiazole rings is 1. The molecule has 0 bridgehead atoms. The second-order valence-electron chi connectivity index (χ2n) is 8.62. The standard InChI is InChI=1S/C30H23N5OS3/c36-27(31-23-16-17-25-26(18-23)39-30(32-25)38-19-21-10-4-1-5-11-21)20-37-29-34-33-28(22-12-6-2-7-13-22)35(29)24-14-8-3-9-15-24/h1-18H,19-20H2,(H,31,36). The van der Waals surface area contributed by atoms with E-state index >= 15 is 0 Å². The lowest BCUT2D eigenvalue weighted by atomic mass is 10.2. The van der Waals surface area contributed by atoms with Crippen LogP contribution in [-0.2, 0) is 10.5 Å². The summed E-state index contributed by atoms with van der Waals surface area (Å²) in [5.74, 6) is 1.72. The Balaban J connectivity index is 1.14. The molecule has 0 unspecified atom stereocenters. The summed E-state index contributed by atoms with van der Waals surface area (Å²) < 4.78 is 4.06. The van der Waals surface area contributed by atoms with Crippen molar-refractivity contribution in [2.45, 2.75) is 15.2 Å². The summed E-state index contributed by atoms with van der Waals surface area (Å²) in [5.41, 5.74) is 4.87. The van der Waals surface area contributed by atoms with Gasteiger partial charge in [-0.1, -0.05) is 102 Å². The van der Waals surface area contributed by atoms with Crippen molar-refractivity contribution in [3.63, 3.8) is 0 Å². The highest BCUT2D eigenvalue weighted by molar-refractivity contribution is 8.00. The van der Waals surface area contributed by atoms with Gasteiger partial charge in [0.05, 0.1) is 16.0 Å². The van der Waals surface area contributed by atoms with E-state index in [1.54, 1.807) is 23.1 Å². The highest BCUT2D eigenvalue weighted by Gasteiger charge is 2.17. The molecular formula is C30H23N5OS3. The molecule has 6 rings (SSSR count). The number of nitrogens with one attached hydrogen (secondary N) is 1. The minimum atomic E-state index is -0.105. The van der Waals surface area contributed by atoms with E-state index in [9.17, 15) is 4.79 Å². The van der Waals surface area contributed by atoms with Crippen LogP contribution in [0.25, 0.3) is 27.3 Å². The molecule has 9 heteroatoms. The number of para-hydroxylation sites is 1. The van der Waals surface area contributed by atoms with Gasteiger partial charge in [0, 0.05) is 22.7 Å². The minimum absolute atomic E-state index is 0.105. The number of thioether (sulfide) groups is 2. The van der Waals surface area contributed by atoms with Crippen LogP contribution in [0.1, 0.15) is 5.56 Å². The predicted molar refractivity (Wildman–Crippen MR) is 162 cm³/mol. The fourth-order valence-electron chi connectivity index (χ4n) is 4.04. The predicted octanol–water partition coefficient (Wildman–Crippen LogP) is 7.57. The molecule has 0 fully saturated rings. The maximum Gasteiger partial charge on any atom is 0.234 e. The maximum absolute atomic E-state index is 12.9. The van der Waals surface area contributed by atoms with Crippen molar-refractivity contribution in [1.82, 2.24) is 19.7 Å². The Morgan fingerprint density at radius 2 is 1.54 bits per heavy atom. The van der Waals surface area contributed by atoms with Gasteiger partial charge in [-0.15, -0.1) is 21.5 Å². The molecule has 0 aliphatic rings. The summed E-state index contributed by atoms with van der Waals surface area (Å²) in [5, 5.41) is 12.6. The van der Waals surface area contributed by atoms with E-state index in [2.05, 4.69) is 39.8 Å². The van der Waals surface area contributed by atoms with Crippen LogP contribution in [0.3, 0.4) is 0 Å². The van der Waals surface area contributed by atoms with Gasteiger partial charge >= 0.3 is 0 Å². The summed E-state index contributed by atoms with van der Waals surface area (Å²) in [4.78, 5) is 17.6. The molecule has 2 aromatic heterocycles. The van der Waals surface area contributed by atoms with Crippen LogP contribution < -0.4 is 5.32 Å². The lowest BCUT2D eigenvalue weighted by molar-refractivity contribution is -0.113. The van der Waals surface area contributed by atoms with E-state index in [-0.39, 0.29) is 11.7 Å². The number of hydrogen-bond donors (Lipinski definition) is 1. The summed E-state index contributed by atoms with van der Waals surface area (Å²) in [6, 6.07) is 36.1. The van der Waals surface area contributed by atoms with Crippen molar-refractivity contribution in [2.75, 3.05) is 11.1 Å². The fraction of sp³-hybridized carbons (Fsp3) is 0.0667. The van der Waals surface area contributed by atoms with Gasteiger partial charge in [0.15, 0.2) is 15.3 Å². The van der Waals surface area contributed by atoms with Gasteiger partial charge in [0.1, 0.15) is 0 Å². The monoisotopic (exact) mass is 565 g/mol. The number of fused-ring (bicyclic) bond motifs is 1. The quantitative estimate of drug-likeness (QED) is 0.182. The number of rotatable bonds is 9. The number of aromatic nitrogens is 4. The van der Waals surface area contributed by atoms with Crippen molar-refractivity contribution in [3.8, 4) is 17.1 Å². The lowest BCUT2D eigenvalue weighted by Crippen LogP contribution is -2.14. The summed E-state index contributed by atoms with van der Waals surface area (Å²) in [6.45, 7) is 0. The number of carbonyl (C=O) groups excluding carboxylic acids is 1. The average molecular weight is 566 g/mol. The van der Waals surface area contributed by atoms with Crippen LogP contribution in [-0.4, -0.2) is 31.4 Å². The molecular weight excluding hydrogens is 543 g/mol. The zero-order valence-corrected chi connectivity index (χ0v) is 23.2. The third-order valence-corrected chi connectivity index (χ3v) is 9.03. The van der Waals surface area contributed by atoms with Crippen molar-refractivity contribution in [1.29, 1.82) is 0 Å². The highest BCUT2D eigenvalue weighted by atomic mass is 32.2. The van der Waals surface area contributed by atoms with Crippen molar-refractivity contribution in [2.24, 2.45) is 0 Å².